The van der Waals surface area contributed by atoms with Crippen molar-refractivity contribution in [3.8, 4) is 0 Å². The molecule has 0 aromatic heterocycles. The van der Waals surface area contributed by atoms with Gasteiger partial charge in [0.25, 0.3) is 0 Å². The molecule has 0 aliphatic carbocycles. The molecule has 0 aliphatic rings. The highest BCUT2D eigenvalue weighted by Gasteiger charge is 2.18. The predicted molar refractivity (Wildman–Crippen MR) is 75.8 cm³/mol. The van der Waals surface area contributed by atoms with Gasteiger partial charge in [0, 0.05) is 6.04 Å². The number of carbonyl (C=O) groups is 1. The maximum absolute atomic E-state index is 11.8. The van der Waals surface area contributed by atoms with Crippen molar-refractivity contribution in [3.05, 3.63) is 48.0 Å². The van der Waals surface area contributed by atoms with Crippen LogP contribution in [0.4, 0.5) is 0 Å². The molecule has 0 radical (unpaired) electrons. The van der Waals surface area contributed by atoms with Gasteiger partial charge in [-0.05, 0) is 36.2 Å². The van der Waals surface area contributed by atoms with E-state index in [0.29, 0.717) is 0 Å². The average Bonchev–Trinajstić information content (AvgIpc) is 2.36. The first kappa shape index (κ1) is 12.9. The largest absolute Gasteiger partial charge is 0.352 e. The quantitative estimate of drug-likeness (QED) is 0.840. The SMILES string of the molecule is CC(C)NC(=O)C(Cl)c1ccc2ccccc2c1. The van der Waals surface area contributed by atoms with E-state index < -0.39 is 5.38 Å². The van der Waals surface area contributed by atoms with Gasteiger partial charge in [0.15, 0.2) is 0 Å². The van der Waals surface area contributed by atoms with Crippen molar-refractivity contribution in [3.63, 3.8) is 0 Å². The lowest BCUT2D eigenvalue weighted by Gasteiger charge is -2.13. The summed E-state index contributed by atoms with van der Waals surface area (Å²) >= 11 is 6.19. The second-order valence-corrected chi connectivity index (χ2v) is 5.07. The Morgan fingerprint density at radius 1 is 1.11 bits per heavy atom. The first-order valence-electron chi connectivity index (χ1n) is 6.01. The normalized spacial score (nSPS) is 12.7. The molecular formula is C15H16ClNO. The van der Waals surface area contributed by atoms with E-state index in [1.165, 1.54) is 0 Å². The highest BCUT2D eigenvalue weighted by Crippen LogP contribution is 2.25. The molecule has 0 aliphatic heterocycles. The van der Waals surface area contributed by atoms with Gasteiger partial charge in [0.1, 0.15) is 5.38 Å². The fourth-order valence-electron chi connectivity index (χ4n) is 1.87. The van der Waals surface area contributed by atoms with E-state index in [9.17, 15) is 4.79 Å². The Balaban J connectivity index is 2.27. The summed E-state index contributed by atoms with van der Waals surface area (Å²) in [6.07, 6.45) is 0. The zero-order chi connectivity index (χ0) is 13.1. The van der Waals surface area contributed by atoms with E-state index >= 15 is 0 Å². The Bertz CT molecular complexity index is 565. The number of hydrogen-bond acceptors (Lipinski definition) is 1. The molecule has 0 bridgehead atoms. The van der Waals surface area contributed by atoms with Gasteiger partial charge in [-0.3, -0.25) is 4.79 Å². The molecule has 2 aromatic carbocycles. The zero-order valence-electron chi connectivity index (χ0n) is 10.5. The van der Waals surface area contributed by atoms with E-state index in [0.717, 1.165) is 16.3 Å². The summed E-state index contributed by atoms with van der Waals surface area (Å²) in [5.74, 6) is -0.151. The van der Waals surface area contributed by atoms with Crippen molar-refractivity contribution < 1.29 is 4.79 Å². The maximum Gasteiger partial charge on any atom is 0.242 e. The van der Waals surface area contributed by atoms with Crippen LogP contribution < -0.4 is 5.32 Å². The zero-order valence-corrected chi connectivity index (χ0v) is 11.2. The van der Waals surface area contributed by atoms with Crippen molar-refractivity contribution in [1.82, 2.24) is 5.32 Å². The van der Waals surface area contributed by atoms with Gasteiger partial charge in [-0.2, -0.15) is 0 Å². The first-order chi connectivity index (χ1) is 8.58. The number of hydrogen-bond donors (Lipinski definition) is 1. The van der Waals surface area contributed by atoms with Crippen molar-refractivity contribution in [2.24, 2.45) is 0 Å². The highest BCUT2D eigenvalue weighted by molar-refractivity contribution is 6.30. The van der Waals surface area contributed by atoms with Crippen LogP contribution in [0, 0.1) is 0 Å². The Labute approximate surface area is 112 Å². The van der Waals surface area contributed by atoms with Crippen LogP contribution >= 0.6 is 11.6 Å². The van der Waals surface area contributed by atoms with Gasteiger partial charge in [-0.1, -0.05) is 36.4 Å². The van der Waals surface area contributed by atoms with Crippen LogP contribution in [0.15, 0.2) is 42.5 Å². The fourth-order valence-corrected chi connectivity index (χ4v) is 2.07. The monoisotopic (exact) mass is 261 g/mol. The van der Waals surface area contributed by atoms with Crippen LogP contribution in [-0.2, 0) is 4.79 Å². The molecule has 3 heteroatoms. The summed E-state index contributed by atoms with van der Waals surface area (Å²) in [5.41, 5.74) is 0.827. The number of amides is 1. The number of fused-ring (bicyclic) bond motifs is 1. The van der Waals surface area contributed by atoms with E-state index in [4.69, 9.17) is 11.6 Å². The summed E-state index contributed by atoms with van der Waals surface area (Å²) in [5, 5.41) is 4.42. The van der Waals surface area contributed by atoms with Gasteiger partial charge in [0.2, 0.25) is 5.91 Å². The molecule has 0 saturated heterocycles. The molecule has 0 saturated carbocycles. The third-order valence-electron chi connectivity index (χ3n) is 2.73. The van der Waals surface area contributed by atoms with E-state index in [1.54, 1.807) is 0 Å². The smallest absolute Gasteiger partial charge is 0.242 e. The van der Waals surface area contributed by atoms with Gasteiger partial charge in [0.05, 0.1) is 0 Å². The minimum absolute atomic E-state index is 0.0965. The summed E-state index contributed by atoms with van der Waals surface area (Å²) in [6.45, 7) is 3.84. The Hall–Kier alpha value is -1.54. The van der Waals surface area contributed by atoms with Gasteiger partial charge in [-0.25, -0.2) is 0 Å². The molecule has 2 nitrogen and oxygen atoms in total. The molecule has 94 valence electrons. The van der Waals surface area contributed by atoms with Crippen LogP contribution in [0.5, 0.6) is 0 Å². The van der Waals surface area contributed by atoms with Crippen molar-refractivity contribution in [2.45, 2.75) is 25.3 Å². The van der Waals surface area contributed by atoms with Crippen LogP contribution in [0.2, 0.25) is 0 Å². The molecule has 1 amide bonds. The van der Waals surface area contributed by atoms with Gasteiger partial charge in [-0.15, -0.1) is 11.6 Å². The van der Waals surface area contributed by atoms with E-state index in [1.807, 2.05) is 56.3 Å². The van der Waals surface area contributed by atoms with Crippen molar-refractivity contribution in [1.29, 1.82) is 0 Å². The molecule has 2 aromatic rings. The molecule has 0 heterocycles. The van der Waals surface area contributed by atoms with Crippen molar-refractivity contribution in [2.75, 3.05) is 0 Å². The number of nitrogens with one attached hydrogen (secondary N) is 1. The number of benzene rings is 2. The molecule has 0 spiro atoms. The molecule has 1 atom stereocenters. The minimum atomic E-state index is -0.642. The second kappa shape index (κ2) is 5.40. The summed E-state index contributed by atoms with van der Waals surface area (Å²) in [7, 11) is 0. The first-order valence-corrected chi connectivity index (χ1v) is 6.44. The predicted octanol–water partition coefficient (Wildman–Crippen LogP) is 3.64. The lowest BCUT2D eigenvalue weighted by atomic mass is 10.0. The maximum atomic E-state index is 11.8. The molecule has 18 heavy (non-hydrogen) atoms. The van der Waals surface area contributed by atoms with Crippen LogP contribution in [0.1, 0.15) is 24.8 Å². The number of halogens is 1. The third-order valence-corrected chi connectivity index (χ3v) is 3.18. The number of alkyl halides is 1. The minimum Gasteiger partial charge on any atom is -0.352 e. The third kappa shape index (κ3) is 2.82. The standard InChI is InChI=1S/C15H16ClNO/c1-10(2)17-15(18)14(16)13-8-7-11-5-3-4-6-12(11)9-13/h3-10,14H,1-2H3,(H,17,18). The Morgan fingerprint density at radius 3 is 2.44 bits per heavy atom. The molecule has 1 N–H and O–H groups in total. The van der Waals surface area contributed by atoms with Crippen LogP contribution in [0.25, 0.3) is 10.8 Å². The van der Waals surface area contributed by atoms with E-state index in [-0.39, 0.29) is 11.9 Å². The average molecular weight is 262 g/mol. The van der Waals surface area contributed by atoms with Crippen molar-refractivity contribution >= 4 is 28.3 Å². The summed E-state index contributed by atoms with van der Waals surface area (Å²) in [6, 6.07) is 14.0. The molecule has 1 unspecified atom stereocenters. The van der Waals surface area contributed by atoms with Gasteiger partial charge >= 0.3 is 0 Å². The lowest BCUT2D eigenvalue weighted by Crippen LogP contribution is -2.32. The Kier molecular flexibility index (Phi) is 3.87. The topological polar surface area (TPSA) is 29.1 Å². The summed E-state index contributed by atoms with van der Waals surface area (Å²) in [4.78, 5) is 11.8. The number of rotatable bonds is 3. The van der Waals surface area contributed by atoms with Crippen LogP contribution in [-0.4, -0.2) is 11.9 Å². The van der Waals surface area contributed by atoms with Gasteiger partial charge < -0.3 is 5.32 Å². The summed E-state index contributed by atoms with van der Waals surface area (Å²) < 4.78 is 0. The molecule has 2 rings (SSSR count). The fraction of sp³-hybridized carbons (Fsp3) is 0.267. The van der Waals surface area contributed by atoms with E-state index in [2.05, 4.69) is 5.32 Å². The second-order valence-electron chi connectivity index (χ2n) is 4.63. The highest BCUT2D eigenvalue weighted by atomic mass is 35.5. The number of carbonyl (C=O) groups excluding carboxylic acids is 1. The lowest BCUT2D eigenvalue weighted by molar-refractivity contribution is -0.121. The molecular weight excluding hydrogens is 246 g/mol. The Morgan fingerprint density at radius 2 is 1.78 bits per heavy atom. The van der Waals surface area contributed by atoms with Crippen LogP contribution in [0.3, 0.4) is 0 Å². The molecule has 0 fully saturated rings.